The zero-order valence-electron chi connectivity index (χ0n) is 14.5. The van der Waals surface area contributed by atoms with Crippen LogP contribution in [-0.4, -0.2) is 53.2 Å². The van der Waals surface area contributed by atoms with Crippen LogP contribution in [0.3, 0.4) is 0 Å². The Balaban J connectivity index is 1.34. The maximum Gasteiger partial charge on any atom is 0.191 e. The molecule has 1 aromatic heterocycles. The largest absolute Gasteiger partial charge is 0.486 e. The highest BCUT2D eigenvalue weighted by molar-refractivity contribution is 7.99. The van der Waals surface area contributed by atoms with Gasteiger partial charge >= 0.3 is 0 Å². The zero-order chi connectivity index (χ0) is 18.1. The van der Waals surface area contributed by atoms with Crippen LogP contribution >= 0.6 is 11.8 Å². The summed E-state index contributed by atoms with van der Waals surface area (Å²) in [6, 6.07) is 7.66. The van der Waals surface area contributed by atoms with Crippen LogP contribution in [0.4, 0.5) is 0 Å². The van der Waals surface area contributed by atoms with Crippen molar-refractivity contribution in [3.05, 3.63) is 30.1 Å². The molecule has 0 unspecified atom stereocenters. The van der Waals surface area contributed by atoms with Crippen LogP contribution in [0.1, 0.15) is 12.2 Å². The van der Waals surface area contributed by atoms with Gasteiger partial charge in [-0.1, -0.05) is 23.9 Å². The highest BCUT2D eigenvalue weighted by atomic mass is 32.2. The number of nitrogens with zero attached hydrogens (tertiary/aromatic N) is 3. The van der Waals surface area contributed by atoms with Gasteiger partial charge in [0.15, 0.2) is 26.5 Å². The van der Waals surface area contributed by atoms with Gasteiger partial charge < -0.3 is 14.0 Å². The van der Waals surface area contributed by atoms with E-state index in [0.29, 0.717) is 25.2 Å². The molecule has 2 aliphatic heterocycles. The van der Waals surface area contributed by atoms with Crippen LogP contribution in [0.2, 0.25) is 0 Å². The average Bonchev–Trinajstić information content (AvgIpc) is 3.15. The lowest BCUT2D eigenvalue weighted by atomic mass is 10.1. The first-order valence-electron chi connectivity index (χ1n) is 8.60. The Labute approximate surface area is 157 Å². The first-order valence-corrected chi connectivity index (χ1v) is 11.4. The summed E-state index contributed by atoms with van der Waals surface area (Å²) in [7, 11) is -0.939. The van der Waals surface area contributed by atoms with Gasteiger partial charge in [0.25, 0.3) is 0 Å². The molecule has 0 amide bonds. The minimum atomic E-state index is -2.86. The Morgan fingerprint density at radius 1 is 1.27 bits per heavy atom. The number of fused-ring (bicyclic) bond motifs is 1. The van der Waals surface area contributed by atoms with E-state index in [2.05, 4.69) is 10.2 Å². The zero-order valence-corrected chi connectivity index (χ0v) is 16.1. The van der Waals surface area contributed by atoms with Crippen LogP contribution < -0.4 is 9.47 Å². The summed E-state index contributed by atoms with van der Waals surface area (Å²) in [5.41, 5.74) is 0. The fourth-order valence-electron chi connectivity index (χ4n) is 3.25. The second-order valence-electron chi connectivity index (χ2n) is 6.74. The third kappa shape index (κ3) is 3.83. The van der Waals surface area contributed by atoms with E-state index in [1.165, 1.54) is 0 Å². The molecular formula is C17H21N3O4S2. The molecule has 140 valence electrons. The lowest BCUT2D eigenvalue weighted by Gasteiger charge is -2.25. The van der Waals surface area contributed by atoms with Crippen molar-refractivity contribution in [3.63, 3.8) is 0 Å². The Hall–Kier alpha value is -1.74. The van der Waals surface area contributed by atoms with Crippen LogP contribution in [0.15, 0.2) is 29.4 Å². The maximum absolute atomic E-state index is 11.6. The van der Waals surface area contributed by atoms with Crippen molar-refractivity contribution in [1.29, 1.82) is 0 Å². The fourth-order valence-corrected chi connectivity index (χ4v) is 6.01. The average molecular weight is 396 g/mol. The SMILES string of the molecule is Cn1c(C[C@@H]2CCS(=O)(=O)C2)nnc1SC[C@@H]1COc2ccccc2O1. The molecule has 9 heteroatoms. The maximum atomic E-state index is 11.6. The molecule has 0 spiro atoms. The van der Waals surface area contributed by atoms with Gasteiger partial charge in [-0.05, 0) is 24.5 Å². The highest BCUT2D eigenvalue weighted by Crippen LogP contribution is 2.32. The summed E-state index contributed by atoms with van der Waals surface area (Å²) in [6.07, 6.45) is 1.32. The van der Waals surface area contributed by atoms with Crippen LogP contribution in [0.5, 0.6) is 11.5 Å². The highest BCUT2D eigenvalue weighted by Gasteiger charge is 2.29. The van der Waals surface area contributed by atoms with Crippen molar-refractivity contribution in [2.75, 3.05) is 23.9 Å². The molecule has 0 aliphatic carbocycles. The Morgan fingerprint density at radius 2 is 2.08 bits per heavy atom. The van der Waals surface area contributed by atoms with Crippen LogP contribution in [-0.2, 0) is 23.3 Å². The Morgan fingerprint density at radius 3 is 2.85 bits per heavy atom. The van der Waals surface area contributed by atoms with Crippen LogP contribution in [0.25, 0.3) is 0 Å². The van der Waals surface area contributed by atoms with Crippen molar-refractivity contribution in [2.24, 2.45) is 13.0 Å². The van der Waals surface area contributed by atoms with Gasteiger partial charge in [0.2, 0.25) is 0 Å². The van der Waals surface area contributed by atoms with E-state index in [-0.39, 0.29) is 23.5 Å². The lowest BCUT2D eigenvalue weighted by molar-refractivity contribution is 0.107. The van der Waals surface area contributed by atoms with E-state index < -0.39 is 9.84 Å². The molecule has 0 saturated carbocycles. The molecule has 0 N–H and O–H groups in total. The van der Waals surface area contributed by atoms with Gasteiger partial charge in [-0.15, -0.1) is 10.2 Å². The number of para-hydroxylation sites is 2. The Kier molecular flexibility index (Phi) is 4.83. The molecular weight excluding hydrogens is 374 g/mol. The van der Waals surface area contributed by atoms with E-state index in [0.717, 1.165) is 22.5 Å². The lowest BCUT2D eigenvalue weighted by Crippen LogP contribution is -2.31. The molecule has 1 saturated heterocycles. The van der Waals surface area contributed by atoms with Gasteiger partial charge in [-0.3, -0.25) is 0 Å². The Bertz CT molecular complexity index is 897. The first kappa shape index (κ1) is 17.7. The minimum absolute atomic E-state index is 0.0463. The summed E-state index contributed by atoms with van der Waals surface area (Å²) in [5.74, 6) is 3.78. The second-order valence-corrected chi connectivity index (χ2v) is 9.96. The summed E-state index contributed by atoms with van der Waals surface area (Å²) in [5, 5.41) is 9.31. The van der Waals surface area contributed by atoms with Crippen molar-refractivity contribution < 1.29 is 17.9 Å². The molecule has 0 radical (unpaired) electrons. The summed E-state index contributed by atoms with van der Waals surface area (Å²) >= 11 is 1.57. The standard InChI is InChI=1S/C17H21N3O4S2/c1-20-16(8-12-6-7-26(21,22)11-12)18-19-17(20)25-10-13-9-23-14-4-2-3-5-15(14)24-13/h2-5,12-13H,6-11H2,1H3/t12-,13-/m0/s1. The third-order valence-corrected chi connectivity index (χ3v) is 7.68. The first-order chi connectivity index (χ1) is 12.5. The summed E-state index contributed by atoms with van der Waals surface area (Å²) in [4.78, 5) is 0. The fraction of sp³-hybridized carbons (Fsp3) is 0.529. The van der Waals surface area contributed by atoms with E-state index in [1.807, 2.05) is 35.9 Å². The molecule has 3 heterocycles. The molecule has 1 fully saturated rings. The molecule has 4 rings (SSSR count). The molecule has 2 aliphatic rings. The van der Waals surface area contributed by atoms with Gasteiger partial charge in [0, 0.05) is 19.2 Å². The molecule has 1 aromatic carbocycles. The third-order valence-electron chi connectivity index (χ3n) is 4.69. The number of sulfone groups is 1. The molecule has 2 atom stereocenters. The number of rotatable bonds is 5. The van der Waals surface area contributed by atoms with Gasteiger partial charge in [-0.25, -0.2) is 8.42 Å². The predicted molar refractivity (Wildman–Crippen MR) is 98.5 cm³/mol. The normalized spacial score (nSPS) is 23.9. The van der Waals surface area contributed by atoms with E-state index in [1.54, 1.807) is 11.8 Å². The van der Waals surface area contributed by atoms with Gasteiger partial charge in [0.05, 0.1) is 11.5 Å². The number of hydrogen-bond donors (Lipinski definition) is 0. The molecule has 26 heavy (non-hydrogen) atoms. The number of hydrogen-bond acceptors (Lipinski definition) is 7. The molecule has 2 aromatic rings. The van der Waals surface area contributed by atoms with Crippen LogP contribution in [0, 0.1) is 5.92 Å². The van der Waals surface area contributed by atoms with Crippen molar-refractivity contribution in [1.82, 2.24) is 14.8 Å². The quantitative estimate of drug-likeness (QED) is 0.713. The van der Waals surface area contributed by atoms with E-state index in [4.69, 9.17) is 9.47 Å². The summed E-state index contributed by atoms with van der Waals surface area (Å²) in [6.45, 7) is 0.509. The molecule has 7 nitrogen and oxygen atoms in total. The molecule has 0 bridgehead atoms. The van der Waals surface area contributed by atoms with Gasteiger partial charge in [-0.2, -0.15) is 0 Å². The smallest absolute Gasteiger partial charge is 0.191 e. The predicted octanol–water partition coefficient (Wildman–Crippen LogP) is 1.72. The summed E-state index contributed by atoms with van der Waals surface area (Å²) < 4.78 is 36.9. The minimum Gasteiger partial charge on any atom is -0.486 e. The number of aromatic nitrogens is 3. The monoisotopic (exact) mass is 395 g/mol. The topological polar surface area (TPSA) is 83.3 Å². The van der Waals surface area contributed by atoms with Crippen molar-refractivity contribution >= 4 is 21.6 Å². The van der Waals surface area contributed by atoms with Crippen molar-refractivity contribution in [3.8, 4) is 11.5 Å². The second kappa shape index (κ2) is 7.11. The van der Waals surface area contributed by atoms with E-state index >= 15 is 0 Å². The van der Waals surface area contributed by atoms with E-state index in [9.17, 15) is 8.42 Å². The number of ether oxygens (including phenoxy) is 2. The van der Waals surface area contributed by atoms with Gasteiger partial charge in [0.1, 0.15) is 18.5 Å². The van der Waals surface area contributed by atoms with Crippen molar-refractivity contribution in [2.45, 2.75) is 24.1 Å². The number of thioether (sulfide) groups is 1. The number of benzene rings is 1.